The topological polar surface area (TPSA) is 59.0 Å². The normalized spacial score (nSPS) is 16.5. The zero-order valence-corrected chi connectivity index (χ0v) is 12.2. The highest BCUT2D eigenvalue weighted by molar-refractivity contribution is 8.00. The Morgan fingerprint density at radius 2 is 2.37 bits per heavy atom. The first-order valence-electron chi connectivity index (χ1n) is 6.81. The van der Waals surface area contributed by atoms with E-state index in [1.807, 2.05) is 19.3 Å². The zero-order valence-electron chi connectivity index (χ0n) is 11.4. The second kappa shape index (κ2) is 7.55. The van der Waals surface area contributed by atoms with E-state index in [4.69, 9.17) is 0 Å². The van der Waals surface area contributed by atoms with Crippen LogP contribution < -0.4 is 10.6 Å². The molecule has 106 valence electrons. The Hall–Kier alpha value is -1.01. The van der Waals surface area contributed by atoms with E-state index in [1.54, 1.807) is 16.4 Å². The summed E-state index contributed by atoms with van der Waals surface area (Å²) in [6.07, 6.45) is 5.06. The minimum Gasteiger partial charge on any atom is -0.355 e. The molecular formula is C13H22N4OS. The summed E-state index contributed by atoms with van der Waals surface area (Å²) in [5, 5.41) is 11.2. The first-order valence-corrected chi connectivity index (χ1v) is 7.86. The van der Waals surface area contributed by atoms with Gasteiger partial charge in [0, 0.05) is 31.5 Å². The van der Waals surface area contributed by atoms with Crippen molar-refractivity contribution < 1.29 is 4.79 Å². The quantitative estimate of drug-likeness (QED) is 0.800. The molecule has 0 bridgehead atoms. The van der Waals surface area contributed by atoms with Gasteiger partial charge in [-0.2, -0.15) is 5.10 Å². The third-order valence-corrected chi connectivity index (χ3v) is 4.58. The molecule has 0 aliphatic carbocycles. The molecular weight excluding hydrogens is 260 g/mol. The molecule has 1 amide bonds. The fourth-order valence-electron chi connectivity index (χ4n) is 2.13. The van der Waals surface area contributed by atoms with Crippen LogP contribution in [0.3, 0.4) is 0 Å². The number of aryl methyl sites for hydroxylation is 1. The maximum atomic E-state index is 11.7. The summed E-state index contributed by atoms with van der Waals surface area (Å²) in [4.78, 5) is 11.7. The number of aromatic nitrogens is 2. The Balaban J connectivity index is 1.56. The molecule has 2 heterocycles. The molecule has 0 atom stereocenters. The average Bonchev–Trinajstić information content (AvgIpc) is 2.83. The van der Waals surface area contributed by atoms with Crippen LogP contribution in [-0.2, 0) is 18.3 Å². The number of rotatable bonds is 6. The van der Waals surface area contributed by atoms with Gasteiger partial charge in [-0.3, -0.25) is 9.48 Å². The van der Waals surface area contributed by atoms with Crippen molar-refractivity contribution in [3.8, 4) is 0 Å². The van der Waals surface area contributed by atoms with Crippen molar-refractivity contribution in [1.82, 2.24) is 20.4 Å². The van der Waals surface area contributed by atoms with Gasteiger partial charge < -0.3 is 10.6 Å². The van der Waals surface area contributed by atoms with Crippen molar-refractivity contribution in [2.45, 2.75) is 24.5 Å². The number of nitrogens with zero attached hydrogens (tertiary/aromatic N) is 2. The second-order valence-corrected chi connectivity index (χ2v) is 6.13. The lowest BCUT2D eigenvalue weighted by molar-refractivity contribution is -0.118. The number of hydrogen-bond acceptors (Lipinski definition) is 4. The number of carbonyl (C=O) groups excluding carboxylic acids is 1. The van der Waals surface area contributed by atoms with E-state index in [9.17, 15) is 4.79 Å². The van der Waals surface area contributed by atoms with Crippen molar-refractivity contribution in [1.29, 1.82) is 0 Å². The van der Waals surface area contributed by atoms with Crippen LogP contribution in [0.5, 0.6) is 0 Å². The van der Waals surface area contributed by atoms with Crippen LogP contribution in [0.25, 0.3) is 0 Å². The fraction of sp³-hybridized carbons (Fsp3) is 0.692. The first kappa shape index (κ1) is 14.4. The van der Waals surface area contributed by atoms with Crippen molar-refractivity contribution in [2.24, 2.45) is 7.05 Å². The van der Waals surface area contributed by atoms with Gasteiger partial charge in [-0.1, -0.05) is 0 Å². The van der Waals surface area contributed by atoms with Crippen LogP contribution in [0.2, 0.25) is 0 Å². The Labute approximate surface area is 118 Å². The van der Waals surface area contributed by atoms with E-state index in [2.05, 4.69) is 15.7 Å². The molecule has 1 aromatic heterocycles. The Kier molecular flexibility index (Phi) is 5.72. The molecule has 1 saturated heterocycles. The Bertz CT molecular complexity index is 401. The van der Waals surface area contributed by atoms with Gasteiger partial charge in [0.15, 0.2) is 0 Å². The van der Waals surface area contributed by atoms with Crippen molar-refractivity contribution >= 4 is 17.7 Å². The summed E-state index contributed by atoms with van der Waals surface area (Å²) in [6, 6.07) is 1.98. The number of amides is 1. The number of hydrogen-bond donors (Lipinski definition) is 2. The highest BCUT2D eigenvalue weighted by Gasteiger charge is 2.14. The average molecular weight is 282 g/mol. The minimum atomic E-state index is 0.138. The largest absolute Gasteiger partial charge is 0.355 e. The summed E-state index contributed by atoms with van der Waals surface area (Å²) in [6.45, 7) is 2.83. The van der Waals surface area contributed by atoms with Crippen LogP contribution in [0.15, 0.2) is 12.3 Å². The number of carbonyl (C=O) groups is 1. The van der Waals surface area contributed by atoms with Gasteiger partial charge in [-0.25, -0.2) is 0 Å². The van der Waals surface area contributed by atoms with Gasteiger partial charge >= 0.3 is 0 Å². The molecule has 19 heavy (non-hydrogen) atoms. The number of piperidine rings is 1. The van der Waals surface area contributed by atoms with Crippen LogP contribution in [-0.4, -0.2) is 46.3 Å². The lowest BCUT2D eigenvalue weighted by Crippen LogP contribution is -2.32. The van der Waals surface area contributed by atoms with Crippen molar-refractivity contribution in [2.75, 3.05) is 25.4 Å². The molecule has 0 unspecified atom stereocenters. The van der Waals surface area contributed by atoms with E-state index in [0.29, 0.717) is 17.5 Å². The third-order valence-electron chi connectivity index (χ3n) is 3.21. The molecule has 2 N–H and O–H groups in total. The van der Waals surface area contributed by atoms with Gasteiger partial charge in [0.25, 0.3) is 0 Å². The lowest BCUT2D eigenvalue weighted by Gasteiger charge is -2.21. The molecule has 1 aliphatic heterocycles. The van der Waals surface area contributed by atoms with E-state index >= 15 is 0 Å². The monoisotopic (exact) mass is 282 g/mol. The summed E-state index contributed by atoms with van der Waals surface area (Å²) in [7, 11) is 1.90. The molecule has 1 aliphatic rings. The lowest BCUT2D eigenvalue weighted by atomic mass is 10.2. The molecule has 5 nitrogen and oxygen atoms in total. The molecule has 2 rings (SSSR count). The molecule has 0 spiro atoms. The van der Waals surface area contributed by atoms with Crippen LogP contribution in [0.1, 0.15) is 18.5 Å². The Morgan fingerprint density at radius 3 is 3.05 bits per heavy atom. The predicted molar refractivity (Wildman–Crippen MR) is 78.3 cm³/mol. The van der Waals surface area contributed by atoms with Crippen molar-refractivity contribution in [3.63, 3.8) is 0 Å². The van der Waals surface area contributed by atoms with Crippen molar-refractivity contribution in [3.05, 3.63) is 18.0 Å². The second-order valence-electron chi connectivity index (χ2n) is 4.84. The van der Waals surface area contributed by atoms with E-state index in [1.165, 1.54) is 12.8 Å². The molecule has 1 fully saturated rings. The van der Waals surface area contributed by atoms with Gasteiger partial charge in [-0.05, 0) is 32.0 Å². The van der Waals surface area contributed by atoms with Gasteiger partial charge in [-0.15, -0.1) is 11.8 Å². The smallest absolute Gasteiger partial charge is 0.230 e. The Morgan fingerprint density at radius 1 is 1.58 bits per heavy atom. The molecule has 0 aromatic carbocycles. The summed E-state index contributed by atoms with van der Waals surface area (Å²) in [5.74, 6) is 0.715. The summed E-state index contributed by atoms with van der Waals surface area (Å²) in [5.41, 5.74) is 1.02. The standard InChI is InChI=1S/C13H22N4OS/c1-17-9-5-11(16-17)2-8-15-13(18)10-19-12-3-6-14-7-4-12/h5,9,12,14H,2-4,6-8,10H2,1H3,(H,15,18). The fourth-order valence-corrected chi connectivity index (χ4v) is 3.19. The summed E-state index contributed by atoms with van der Waals surface area (Å²) < 4.78 is 1.78. The van der Waals surface area contributed by atoms with Gasteiger partial charge in [0.2, 0.25) is 5.91 Å². The highest BCUT2D eigenvalue weighted by Crippen LogP contribution is 2.19. The third kappa shape index (κ3) is 5.24. The number of thioether (sulfide) groups is 1. The number of nitrogens with one attached hydrogen (secondary N) is 2. The highest BCUT2D eigenvalue weighted by atomic mass is 32.2. The van der Waals surface area contributed by atoms with Crippen LogP contribution in [0, 0.1) is 0 Å². The first-order chi connectivity index (χ1) is 9.24. The maximum Gasteiger partial charge on any atom is 0.230 e. The van der Waals surface area contributed by atoms with Gasteiger partial charge in [0.05, 0.1) is 11.4 Å². The van der Waals surface area contributed by atoms with E-state index in [-0.39, 0.29) is 5.91 Å². The van der Waals surface area contributed by atoms with E-state index < -0.39 is 0 Å². The maximum absolute atomic E-state index is 11.7. The van der Waals surface area contributed by atoms with E-state index in [0.717, 1.165) is 25.2 Å². The predicted octanol–water partition coefficient (Wildman–Crippen LogP) is 0.564. The summed E-state index contributed by atoms with van der Waals surface area (Å²) >= 11 is 1.78. The minimum absolute atomic E-state index is 0.138. The molecule has 6 heteroatoms. The zero-order chi connectivity index (χ0) is 13.5. The molecule has 0 radical (unpaired) electrons. The molecule has 0 saturated carbocycles. The van der Waals surface area contributed by atoms with Crippen LogP contribution >= 0.6 is 11.8 Å². The van der Waals surface area contributed by atoms with Crippen LogP contribution in [0.4, 0.5) is 0 Å². The SMILES string of the molecule is Cn1ccc(CCNC(=O)CSC2CCNCC2)n1. The van der Waals surface area contributed by atoms with Gasteiger partial charge in [0.1, 0.15) is 0 Å². The molecule has 1 aromatic rings.